The van der Waals surface area contributed by atoms with Crippen LogP contribution in [-0.2, 0) is 6.42 Å². The number of benzene rings is 1. The second-order valence-electron chi connectivity index (χ2n) is 3.79. The number of methoxy groups -OCH3 is 1. The van der Waals surface area contributed by atoms with E-state index in [0.29, 0.717) is 24.4 Å². The van der Waals surface area contributed by atoms with E-state index in [-0.39, 0.29) is 12.5 Å². The van der Waals surface area contributed by atoms with E-state index in [4.69, 9.17) is 9.84 Å². The number of amides is 1. The van der Waals surface area contributed by atoms with Gasteiger partial charge in [-0.3, -0.25) is 4.79 Å². The molecule has 4 nitrogen and oxygen atoms in total. The van der Waals surface area contributed by atoms with Crippen molar-refractivity contribution in [3.63, 3.8) is 0 Å². The zero-order valence-electron chi connectivity index (χ0n) is 9.27. The predicted octanol–water partition coefficient (Wildman–Crippen LogP) is 0.686. The molecule has 4 heteroatoms. The molecule has 1 N–H and O–H groups in total. The van der Waals surface area contributed by atoms with E-state index in [0.717, 1.165) is 12.0 Å². The van der Waals surface area contributed by atoms with Gasteiger partial charge < -0.3 is 14.7 Å². The number of aliphatic hydroxyl groups excluding tert-OH is 1. The Kier molecular flexibility index (Phi) is 3.10. The molecule has 0 saturated carbocycles. The van der Waals surface area contributed by atoms with Gasteiger partial charge in [-0.15, -0.1) is 0 Å². The second kappa shape index (κ2) is 4.53. The number of ether oxygens (including phenoxy) is 1. The number of hydrogen-bond donors (Lipinski definition) is 1. The third kappa shape index (κ3) is 1.88. The van der Waals surface area contributed by atoms with E-state index in [9.17, 15) is 4.79 Å². The lowest BCUT2D eigenvalue weighted by atomic mass is 9.99. The van der Waals surface area contributed by atoms with E-state index in [1.165, 1.54) is 0 Å². The van der Waals surface area contributed by atoms with Crippen molar-refractivity contribution in [1.82, 2.24) is 4.90 Å². The summed E-state index contributed by atoms with van der Waals surface area (Å²) in [4.78, 5) is 13.7. The van der Waals surface area contributed by atoms with Gasteiger partial charge >= 0.3 is 0 Å². The lowest BCUT2D eigenvalue weighted by molar-refractivity contribution is 0.0705. The highest BCUT2D eigenvalue weighted by Crippen LogP contribution is 2.23. The number of carbonyl (C=O) groups is 1. The summed E-state index contributed by atoms with van der Waals surface area (Å²) < 4.78 is 5.10. The summed E-state index contributed by atoms with van der Waals surface area (Å²) in [5.74, 6) is 0.673. The van der Waals surface area contributed by atoms with Gasteiger partial charge in [0.05, 0.1) is 13.7 Å². The summed E-state index contributed by atoms with van der Waals surface area (Å²) in [7, 11) is 1.58. The molecule has 2 rings (SSSR count). The van der Waals surface area contributed by atoms with E-state index in [1.54, 1.807) is 18.1 Å². The molecule has 1 aromatic rings. The third-order valence-electron chi connectivity index (χ3n) is 2.86. The normalized spacial score (nSPS) is 14.9. The summed E-state index contributed by atoms with van der Waals surface area (Å²) in [6.07, 6.45) is 0.838. The quantitative estimate of drug-likeness (QED) is 0.816. The molecule has 86 valence electrons. The number of fused-ring (bicyclic) bond motifs is 1. The summed E-state index contributed by atoms with van der Waals surface area (Å²) in [6, 6.07) is 5.57. The molecule has 0 spiro atoms. The largest absolute Gasteiger partial charge is 0.497 e. The first-order chi connectivity index (χ1) is 7.76. The first-order valence-corrected chi connectivity index (χ1v) is 5.33. The van der Waals surface area contributed by atoms with Crippen LogP contribution in [0, 0.1) is 0 Å². The molecule has 0 aliphatic carbocycles. The summed E-state index contributed by atoms with van der Waals surface area (Å²) in [6.45, 7) is 1.08. The van der Waals surface area contributed by atoms with E-state index < -0.39 is 0 Å². The minimum atomic E-state index is -0.0193. The van der Waals surface area contributed by atoms with Crippen LogP contribution in [0.4, 0.5) is 0 Å². The van der Waals surface area contributed by atoms with E-state index in [1.807, 2.05) is 12.1 Å². The smallest absolute Gasteiger partial charge is 0.254 e. The first kappa shape index (κ1) is 11.0. The molecule has 1 aliphatic rings. The summed E-state index contributed by atoms with van der Waals surface area (Å²) >= 11 is 0. The number of nitrogens with zero attached hydrogens (tertiary/aromatic N) is 1. The van der Waals surface area contributed by atoms with Gasteiger partial charge in [0.1, 0.15) is 5.75 Å². The molecular formula is C12H15NO3. The van der Waals surface area contributed by atoms with Crippen molar-refractivity contribution in [3.05, 3.63) is 29.3 Å². The van der Waals surface area contributed by atoms with Crippen LogP contribution in [-0.4, -0.2) is 42.7 Å². The van der Waals surface area contributed by atoms with Crippen LogP contribution in [0.5, 0.6) is 5.75 Å². The molecule has 0 atom stereocenters. The maximum absolute atomic E-state index is 12.0. The molecule has 0 saturated heterocycles. The van der Waals surface area contributed by atoms with Crippen molar-refractivity contribution >= 4 is 5.91 Å². The average molecular weight is 221 g/mol. The number of hydrogen-bond acceptors (Lipinski definition) is 3. The Hall–Kier alpha value is -1.55. The van der Waals surface area contributed by atoms with Gasteiger partial charge in [-0.2, -0.15) is 0 Å². The maximum atomic E-state index is 12.0. The molecular weight excluding hydrogens is 206 g/mol. The Bertz CT molecular complexity index is 403. The Morgan fingerprint density at radius 1 is 1.50 bits per heavy atom. The zero-order valence-corrected chi connectivity index (χ0v) is 9.27. The monoisotopic (exact) mass is 221 g/mol. The van der Waals surface area contributed by atoms with Gasteiger partial charge in [-0.1, -0.05) is 6.07 Å². The lowest BCUT2D eigenvalue weighted by Crippen LogP contribution is -2.39. The highest BCUT2D eigenvalue weighted by atomic mass is 16.5. The Labute approximate surface area is 94.4 Å². The molecule has 0 unspecified atom stereocenters. The minimum absolute atomic E-state index is 0.00500. The fourth-order valence-corrected chi connectivity index (χ4v) is 1.96. The van der Waals surface area contributed by atoms with Crippen LogP contribution in [0.2, 0.25) is 0 Å². The van der Waals surface area contributed by atoms with E-state index >= 15 is 0 Å². The number of carbonyl (C=O) groups excluding carboxylic acids is 1. The summed E-state index contributed by atoms with van der Waals surface area (Å²) in [5, 5.41) is 8.87. The standard InChI is InChI=1S/C12H15NO3/c1-16-10-3-2-9-4-5-13(6-7-14)12(15)11(9)8-10/h2-3,8,14H,4-7H2,1H3. The van der Waals surface area contributed by atoms with Crippen LogP contribution in [0.3, 0.4) is 0 Å². The number of rotatable bonds is 3. The van der Waals surface area contributed by atoms with Gasteiger partial charge in [-0.25, -0.2) is 0 Å². The van der Waals surface area contributed by atoms with E-state index in [2.05, 4.69) is 0 Å². The van der Waals surface area contributed by atoms with Crippen LogP contribution in [0.1, 0.15) is 15.9 Å². The highest BCUT2D eigenvalue weighted by molar-refractivity contribution is 5.97. The maximum Gasteiger partial charge on any atom is 0.254 e. The van der Waals surface area contributed by atoms with Crippen LogP contribution >= 0.6 is 0 Å². The first-order valence-electron chi connectivity index (χ1n) is 5.33. The number of aliphatic hydroxyl groups is 1. The summed E-state index contributed by atoms with van der Waals surface area (Å²) in [5.41, 5.74) is 1.75. The molecule has 1 amide bonds. The van der Waals surface area contributed by atoms with Crippen molar-refractivity contribution in [2.75, 3.05) is 26.8 Å². The zero-order chi connectivity index (χ0) is 11.5. The van der Waals surface area contributed by atoms with Gasteiger partial charge in [-0.05, 0) is 24.1 Å². The second-order valence-corrected chi connectivity index (χ2v) is 3.79. The molecule has 0 radical (unpaired) electrons. The molecule has 1 aliphatic heterocycles. The third-order valence-corrected chi connectivity index (χ3v) is 2.86. The topological polar surface area (TPSA) is 49.8 Å². The molecule has 16 heavy (non-hydrogen) atoms. The van der Waals surface area contributed by atoms with Crippen molar-refractivity contribution < 1.29 is 14.6 Å². The molecule has 0 bridgehead atoms. The van der Waals surface area contributed by atoms with Crippen molar-refractivity contribution in [2.24, 2.45) is 0 Å². The minimum Gasteiger partial charge on any atom is -0.497 e. The SMILES string of the molecule is COc1ccc2c(c1)C(=O)N(CCO)CC2. The molecule has 0 fully saturated rings. The van der Waals surface area contributed by atoms with Gasteiger partial charge in [0.15, 0.2) is 0 Å². The van der Waals surface area contributed by atoms with Crippen LogP contribution < -0.4 is 4.74 Å². The van der Waals surface area contributed by atoms with Crippen molar-refractivity contribution in [3.8, 4) is 5.75 Å². The predicted molar refractivity (Wildman–Crippen MR) is 59.7 cm³/mol. The van der Waals surface area contributed by atoms with Crippen molar-refractivity contribution in [2.45, 2.75) is 6.42 Å². The Morgan fingerprint density at radius 3 is 3.00 bits per heavy atom. The Morgan fingerprint density at radius 2 is 2.31 bits per heavy atom. The van der Waals surface area contributed by atoms with Gasteiger partial charge in [0.2, 0.25) is 0 Å². The van der Waals surface area contributed by atoms with Gasteiger partial charge in [0.25, 0.3) is 5.91 Å². The van der Waals surface area contributed by atoms with Crippen LogP contribution in [0.25, 0.3) is 0 Å². The average Bonchev–Trinajstić information content (AvgIpc) is 2.33. The fourth-order valence-electron chi connectivity index (χ4n) is 1.96. The molecule has 1 aromatic carbocycles. The molecule has 0 aromatic heterocycles. The van der Waals surface area contributed by atoms with Crippen molar-refractivity contribution in [1.29, 1.82) is 0 Å². The van der Waals surface area contributed by atoms with Crippen LogP contribution in [0.15, 0.2) is 18.2 Å². The van der Waals surface area contributed by atoms with Gasteiger partial charge in [0, 0.05) is 18.7 Å². The Balaban J connectivity index is 2.31. The lowest BCUT2D eigenvalue weighted by Gasteiger charge is -2.28. The molecule has 1 heterocycles. The highest BCUT2D eigenvalue weighted by Gasteiger charge is 2.23. The fraction of sp³-hybridized carbons (Fsp3) is 0.417. The number of β-amino-alcohol motifs (C(OH)–C–C–N with tert-alkyl or cyclic N) is 1.